The summed E-state index contributed by atoms with van der Waals surface area (Å²) >= 11 is 0. The van der Waals surface area contributed by atoms with Gasteiger partial charge in [-0.1, -0.05) is 12.1 Å². The number of benzene rings is 1. The fourth-order valence-electron chi connectivity index (χ4n) is 3.76. The first-order chi connectivity index (χ1) is 11.5. The number of aromatic nitrogens is 1. The molecule has 7 heteroatoms. The van der Waals surface area contributed by atoms with E-state index < -0.39 is 10.0 Å². The molecule has 2 fully saturated rings. The van der Waals surface area contributed by atoms with Crippen LogP contribution in [0.25, 0.3) is 11.3 Å². The van der Waals surface area contributed by atoms with Crippen molar-refractivity contribution in [2.45, 2.75) is 31.2 Å². The van der Waals surface area contributed by atoms with Crippen molar-refractivity contribution in [1.29, 1.82) is 0 Å². The molecular weight excluding hydrogens is 326 g/mol. The maximum absolute atomic E-state index is 13.2. The van der Waals surface area contributed by atoms with E-state index in [0.717, 1.165) is 30.6 Å². The van der Waals surface area contributed by atoms with Gasteiger partial charge in [0.15, 0.2) is 11.7 Å². The summed E-state index contributed by atoms with van der Waals surface area (Å²) in [7, 11) is -3.52. The maximum Gasteiger partial charge on any atom is 0.243 e. The molecule has 0 spiro atoms. The van der Waals surface area contributed by atoms with Crippen molar-refractivity contribution in [3.63, 3.8) is 0 Å². The van der Waals surface area contributed by atoms with E-state index in [2.05, 4.69) is 10.3 Å². The Kier molecular flexibility index (Phi) is 3.74. The Morgan fingerprint density at radius 3 is 2.88 bits per heavy atom. The van der Waals surface area contributed by atoms with Crippen LogP contribution in [-0.2, 0) is 10.0 Å². The Hall–Kier alpha value is -1.70. The van der Waals surface area contributed by atoms with Gasteiger partial charge in [-0.15, -0.1) is 0 Å². The second kappa shape index (κ2) is 5.68. The van der Waals surface area contributed by atoms with Crippen LogP contribution in [0.4, 0.5) is 0 Å². The Labute approximate surface area is 141 Å². The van der Waals surface area contributed by atoms with Crippen LogP contribution < -0.4 is 5.32 Å². The van der Waals surface area contributed by atoms with Gasteiger partial charge in [0.05, 0.1) is 11.1 Å². The molecule has 2 saturated heterocycles. The number of nitrogens with zero attached hydrogens (tertiary/aromatic N) is 2. The van der Waals surface area contributed by atoms with Gasteiger partial charge < -0.3 is 9.73 Å². The van der Waals surface area contributed by atoms with Gasteiger partial charge in [0.25, 0.3) is 0 Å². The number of hydrogen-bond acceptors (Lipinski definition) is 5. The van der Waals surface area contributed by atoms with E-state index in [-0.39, 0.29) is 6.04 Å². The lowest BCUT2D eigenvalue weighted by Gasteiger charge is -2.24. The van der Waals surface area contributed by atoms with Crippen molar-refractivity contribution in [3.8, 4) is 11.3 Å². The van der Waals surface area contributed by atoms with Crippen molar-refractivity contribution >= 4 is 10.0 Å². The molecule has 128 valence electrons. The average Bonchev–Trinajstić information content (AvgIpc) is 3.23. The molecule has 1 N–H and O–H groups in total. The predicted octanol–water partition coefficient (Wildman–Crippen LogP) is 1.94. The van der Waals surface area contributed by atoms with Crippen LogP contribution in [0.15, 0.2) is 33.7 Å². The highest BCUT2D eigenvalue weighted by Gasteiger charge is 2.44. The number of aryl methyl sites for hydroxylation is 2. The maximum atomic E-state index is 13.2. The third kappa shape index (κ3) is 2.47. The van der Waals surface area contributed by atoms with Gasteiger partial charge in [-0.3, -0.25) is 0 Å². The highest BCUT2D eigenvalue weighted by Crippen LogP contribution is 2.34. The summed E-state index contributed by atoms with van der Waals surface area (Å²) in [4.78, 5) is 4.46. The molecule has 24 heavy (non-hydrogen) atoms. The molecule has 1 aromatic heterocycles. The van der Waals surface area contributed by atoms with Gasteiger partial charge in [0.1, 0.15) is 0 Å². The van der Waals surface area contributed by atoms with Crippen LogP contribution >= 0.6 is 0 Å². The number of nitrogens with one attached hydrogen (secondary N) is 1. The van der Waals surface area contributed by atoms with Crippen LogP contribution in [0.1, 0.15) is 17.9 Å². The lowest BCUT2D eigenvalue weighted by molar-refractivity contribution is 0.382. The van der Waals surface area contributed by atoms with Crippen LogP contribution in [0.3, 0.4) is 0 Å². The topological polar surface area (TPSA) is 75.4 Å². The van der Waals surface area contributed by atoms with E-state index in [0.29, 0.717) is 29.0 Å². The molecule has 2 aliphatic rings. The molecule has 6 nitrogen and oxygen atoms in total. The molecule has 0 aliphatic carbocycles. The van der Waals surface area contributed by atoms with E-state index in [4.69, 9.17) is 4.42 Å². The Bertz CT molecular complexity index is 875. The molecule has 0 radical (unpaired) electrons. The minimum Gasteiger partial charge on any atom is -0.441 e. The zero-order valence-corrected chi connectivity index (χ0v) is 14.6. The third-order valence-corrected chi connectivity index (χ3v) is 7.14. The number of sulfonamides is 1. The smallest absolute Gasteiger partial charge is 0.243 e. The minimum atomic E-state index is -3.52. The number of rotatable bonds is 3. The second-order valence-electron chi connectivity index (χ2n) is 6.61. The third-order valence-electron chi connectivity index (χ3n) is 5.07. The summed E-state index contributed by atoms with van der Waals surface area (Å²) in [6, 6.07) is 5.49. The average molecular weight is 347 g/mol. The first-order valence-corrected chi connectivity index (χ1v) is 9.67. The fourth-order valence-corrected chi connectivity index (χ4v) is 5.71. The first-order valence-electron chi connectivity index (χ1n) is 8.23. The molecule has 3 heterocycles. The van der Waals surface area contributed by atoms with Gasteiger partial charge in [-0.05, 0) is 37.4 Å². The summed E-state index contributed by atoms with van der Waals surface area (Å²) in [5.74, 6) is 1.58. The van der Waals surface area contributed by atoms with Gasteiger partial charge >= 0.3 is 0 Å². The van der Waals surface area contributed by atoms with Crippen molar-refractivity contribution in [3.05, 3.63) is 35.9 Å². The van der Waals surface area contributed by atoms with Crippen LogP contribution in [0.5, 0.6) is 0 Å². The van der Waals surface area contributed by atoms with Crippen molar-refractivity contribution in [2.24, 2.45) is 5.92 Å². The SMILES string of the molecule is Cc1ncc(-c2ccc(C)c(S(=O)(=O)N3CC[C@H]4CNC[C@H]43)c2)o1. The first kappa shape index (κ1) is 15.8. The number of fused-ring (bicyclic) bond motifs is 1. The largest absolute Gasteiger partial charge is 0.441 e. The molecule has 0 bridgehead atoms. The minimum absolute atomic E-state index is 0.0746. The quantitative estimate of drug-likeness (QED) is 0.918. The summed E-state index contributed by atoms with van der Waals surface area (Å²) in [5, 5.41) is 3.30. The monoisotopic (exact) mass is 347 g/mol. The summed E-state index contributed by atoms with van der Waals surface area (Å²) < 4.78 is 33.7. The van der Waals surface area contributed by atoms with Gasteiger partial charge in [0, 0.05) is 31.6 Å². The molecule has 4 rings (SSSR count). The summed E-state index contributed by atoms with van der Waals surface area (Å²) in [6.45, 7) is 5.86. The fraction of sp³-hybridized carbons (Fsp3) is 0.471. The molecule has 1 aromatic carbocycles. The van der Waals surface area contributed by atoms with E-state index in [1.807, 2.05) is 19.1 Å². The lowest BCUT2D eigenvalue weighted by Crippen LogP contribution is -2.39. The molecule has 2 aliphatic heterocycles. The molecule has 0 saturated carbocycles. The summed E-state index contributed by atoms with van der Waals surface area (Å²) in [6.07, 6.45) is 2.56. The molecule has 2 aromatic rings. The standard InChI is InChI=1S/C17H21N3O3S/c1-11-3-4-13(16-10-19-12(2)23-16)7-17(11)24(21,22)20-6-5-14-8-18-9-15(14)20/h3-4,7,10,14-15,18H,5-6,8-9H2,1-2H3/t14-,15+/m0/s1. The number of hydrogen-bond donors (Lipinski definition) is 1. The molecule has 2 atom stereocenters. The predicted molar refractivity (Wildman–Crippen MR) is 90.1 cm³/mol. The van der Waals surface area contributed by atoms with E-state index in [1.165, 1.54) is 0 Å². The van der Waals surface area contributed by atoms with Crippen LogP contribution in [0, 0.1) is 19.8 Å². The lowest BCUT2D eigenvalue weighted by atomic mass is 10.1. The van der Waals surface area contributed by atoms with Gasteiger partial charge in [-0.25, -0.2) is 13.4 Å². The zero-order valence-electron chi connectivity index (χ0n) is 13.8. The van der Waals surface area contributed by atoms with E-state index in [1.54, 1.807) is 23.5 Å². The van der Waals surface area contributed by atoms with Crippen molar-refractivity contribution in [1.82, 2.24) is 14.6 Å². The van der Waals surface area contributed by atoms with Gasteiger partial charge in [-0.2, -0.15) is 4.31 Å². The Morgan fingerprint density at radius 1 is 1.29 bits per heavy atom. The molecular formula is C17H21N3O3S. The molecule has 0 amide bonds. The van der Waals surface area contributed by atoms with Crippen molar-refractivity contribution < 1.29 is 12.8 Å². The van der Waals surface area contributed by atoms with E-state index in [9.17, 15) is 8.42 Å². The van der Waals surface area contributed by atoms with Crippen molar-refractivity contribution in [2.75, 3.05) is 19.6 Å². The number of oxazole rings is 1. The second-order valence-corrected chi connectivity index (χ2v) is 8.47. The highest BCUT2D eigenvalue weighted by atomic mass is 32.2. The van der Waals surface area contributed by atoms with Crippen LogP contribution in [0.2, 0.25) is 0 Å². The van der Waals surface area contributed by atoms with Gasteiger partial charge in [0.2, 0.25) is 10.0 Å². The highest BCUT2D eigenvalue weighted by molar-refractivity contribution is 7.89. The Balaban J connectivity index is 1.75. The van der Waals surface area contributed by atoms with Crippen LogP contribution in [-0.4, -0.2) is 43.4 Å². The Morgan fingerprint density at radius 2 is 2.12 bits per heavy atom. The summed E-state index contributed by atoms with van der Waals surface area (Å²) in [5.41, 5.74) is 1.49. The zero-order chi connectivity index (χ0) is 16.9. The van der Waals surface area contributed by atoms with E-state index >= 15 is 0 Å². The normalized spacial score (nSPS) is 24.4. The molecule has 0 unspecified atom stereocenters.